The van der Waals surface area contributed by atoms with Crippen LogP contribution in [-0.4, -0.2) is 23.5 Å². The van der Waals surface area contributed by atoms with Crippen molar-refractivity contribution in [3.8, 4) is 0 Å². The molecule has 1 saturated carbocycles. The van der Waals surface area contributed by atoms with Gasteiger partial charge in [-0.2, -0.15) is 0 Å². The highest BCUT2D eigenvalue weighted by Crippen LogP contribution is 2.43. The predicted molar refractivity (Wildman–Crippen MR) is 65.7 cm³/mol. The van der Waals surface area contributed by atoms with Crippen LogP contribution < -0.4 is 5.32 Å². The van der Waals surface area contributed by atoms with E-state index in [2.05, 4.69) is 12.2 Å². The molecule has 4 nitrogen and oxygen atoms in total. The summed E-state index contributed by atoms with van der Waals surface area (Å²) in [6.07, 6.45) is 6.81. The van der Waals surface area contributed by atoms with E-state index >= 15 is 0 Å². The van der Waals surface area contributed by atoms with Crippen LogP contribution in [0.15, 0.2) is 0 Å². The number of unbranched alkanes of at least 4 members (excludes halogenated alkanes) is 2. The van der Waals surface area contributed by atoms with Crippen LogP contribution in [0.1, 0.15) is 58.3 Å². The number of amides is 1. The van der Waals surface area contributed by atoms with Crippen LogP contribution in [0.25, 0.3) is 0 Å². The lowest BCUT2D eigenvalue weighted by Gasteiger charge is -2.39. The lowest BCUT2D eigenvalue weighted by atomic mass is 9.66. The van der Waals surface area contributed by atoms with Gasteiger partial charge in [-0.15, -0.1) is 0 Å². The molecule has 1 aliphatic rings. The Balaban J connectivity index is 2.06. The largest absolute Gasteiger partial charge is 0.481 e. The van der Waals surface area contributed by atoms with Gasteiger partial charge in [0.2, 0.25) is 5.91 Å². The van der Waals surface area contributed by atoms with Gasteiger partial charge in [0, 0.05) is 18.4 Å². The van der Waals surface area contributed by atoms with Crippen molar-refractivity contribution in [2.24, 2.45) is 5.41 Å². The summed E-state index contributed by atoms with van der Waals surface area (Å²) >= 11 is 0. The summed E-state index contributed by atoms with van der Waals surface area (Å²) in [5.41, 5.74) is -0.0823. The molecule has 1 fully saturated rings. The van der Waals surface area contributed by atoms with Gasteiger partial charge >= 0.3 is 5.97 Å². The summed E-state index contributed by atoms with van der Waals surface area (Å²) in [7, 11) is 0. The summed E-state index contributed by atoms with van der Waals surface area (Å²) in [5.74, 6) is -0.544. The van der Waals surface area contributed by atoms with Crippen molar-refractivity contribution in [1.29, 1.82) is 0 Å². The molecule has 0 aliphatic heterocycles. The Bertz CT molecular complexity index is 266. The van der Waals surface area contributed by atoms with Gasteiger partial charge in [0.05, 0.1) is 0 Å². The predicted octanol–water partition coefficient (Wildman–Crippen LogP) is 2.33. The first kappa shape index (κ1) is 14.0. The van der Waals surface area contributed by atoms with Crippen molar-refractivity contribution >= 4 is 11.9 Å². The monoisotopic (exact) mass is 241 g/mol. The fourth-order valence-electron chi connectivity index (χ4n) is 2.31. The van der Waals surface area contributed by atoms with Gasteiger partial charge < -0.3 is 10.4 Å². The molecule has 0 radical (unpaired) electrons. The van der Waals surface area contributed by atoms with Crippen molar-refractivity contribution in [2.75, 3.05) is 6.54 Å². The van der Waals surface area contributed by atoms with Crippen molar-refractivity contribution < 1.29 is 14.7 Å². The lowest BCUT2D eigenvalue weighted by Crippen LogP contribution is -2.45. The Morgan fingerprint density at radius 3 is 2.41 bits per heavy atom. The molecule has 0 saturated heterocycles. The number of carboxylic acids is 1. The average Bonchev–Trinajstić information content (AvgIpc) is 2.22. The molecule has 0 unspecified atom stereocenters. The van der Waals surface area contributed by atoms with E-state index in [0.717, 1.165) is 32.1 Å². The first-order chi connectivity index (χ1) is 8.10. The molecular weight excluding hydrogens is 218 g/mol. The summed E-state index contributed by atoms with van der Waals surface area (Å²) in [5, 5.41) is 11.4. The Hall–Kier alpha value is -1.06. The van der Waals surface area contributed by atoms with E-state index in [4.69, 9.17) is 5.11 Å². The van der Waals surface area contributed by atoms with Crippen molar-refractivity contribution in [3.63, 3.8) is 0 Å². The second kappa shape index (κ2) is 6.62. The first-order valence-corrected chi connectivity index (χ1v) is 6.61. The second-order valence-corrected chi connectivity index (χ2v) is 4.95. The molecule has 0 aromatic heterocycles. The number of aliphatic carboxylic acids is 1. The summed E-state index contributed by atoms with van der Waals surface area (Å²) < 4.78 is 0. The number of nitrogens with one attached hydrogen (secondary N) is 1. The van der Waals surface area contributed by atoms with E-state index in [0.29, 0.717) is 13.0 Å². The van der Waals surface area contributed by atoms with Crippen LogP contribution in [-0.2, 0) is 9.59 Å². The molecule has 0 aromatic carbocycles. The highest BCUT2D eigenvalue weighted by Gasteiger charge is 2.41. The summed E-state index contributed by atoms with van der Waals surface area (Å²) in [4.78, 5) is 22.2. The molecule has 1 aliphatic carbocycles. The number of carbonyl (C=O) groups excluding carboxylic acids is 1. The van der Waals surface area contributed by atoms with Gasteiger partial charge in [0.25, 0.3) is 0 Å². The minimum atomic E-state index is -0.742. The minimum absolute atomic E-state index is 0.0823. The fourth-order valence-corrected chi connectivity index (χ4v) is 2.31. The molecule has 0 atom stereocenters. The van der Waals surface area contributed by atoms with Crippen molar-refractivity contribution in [3.05, 3.63) is 0 Å². The maximum atomic E-state index is 11.9. The summed E-state index contributed by atoms with van der Waals surface area (Å²) in [6, 6.07) is 0. The van der Waals surface area contributed by atoms with Crippen LogP contribution in [0.5, 0.6) is 0 Å². The van der Waals surface area contributed by atoms with Crippen LogP contribution in [0, 0.1) is 5.41 Å². The number of rotatable bonds is 8. The molecule has 0 aromatic rings. The number of hydrogen-bond donors (Lipinski definition) is 2. The molecule has 2 N–H and O–H groups in total. The van der Waals surface area contributed by atoms with Crippen molar-refractivity contribution in [1.82, 2.24) is 5.32 Å². The minimum Gasteiger partial charge on any atom is -0.481 e. The van der Waals surface area contributed by atoms with Gasteiger partial charge in [-0.3, -0.25) is 9.59 Å². The quantitative estimate of drug-likeness (QED) is 0.641. The van der Waals surface area contributed by atoms with E-state index in [1.165, 1.54) is 6.42 Å². The number of carboxylic acid groups (broad SMARTS) is 1. The topological polar surface area (TPSA) is 66.4 Å². The molecule has 1 amide bonds. The normalized spacial score (nSPS) is 17.2. The molecule has 1 rings (SSSR count). The fraction of sp³-hybridized carbons (Fsp3) is 0.846. The zero-order chi connectivity index (χ0) is 12.7. The standard InChI is InChI=1S/C13H23NO3/c1-2-13(8-6-9-13)12(17)14-10-5-3-4-7-11(15)16/h2-10H2,1H3,(H,14,17)(H,15,16). The van der Waals surface area contributed by atoms with E-state index in [9.17, 15) is 9.59 Å². The molecular formula is C13H23NO3. The van der Waals surface area contributed by atoms with Crippen LogP contribution in [0.3, 0.4) is 0 Å². The van der Waals surface area contributed by atoms with Crippen LogP contribution >= 0.6 is 0 Å². The van der Waals surface area contributed by atoms with E-state index in [-0.39, 0.29) is 17.7 Å². The average molecular weight is 241 g/mol. The van der Waals surface area contributed by atoms with E-state index in [1.54, 1.807) is 0 Å². The maximum absolute atomic E-state index is 11.9. The Kier molecular flexibility index (Phi) is 5.45. The van der Waals surface area contributed by atoms with Crippen LogP contribution in [0.2, 0.25) is 0 Å². The van der Waals surface area contributed by atoms with Crippen molar-refractivity contribution in [2.45, 2.75) is 58.3 Å². The molecule has 0 heterocycles. The zero-order valence-electron chi connectivity index (χ0n) is 10.6. The maximum Gasteiger partial charge on any atom is 0.303 e. The number of carbonyl (C=O) groups is 2. The third-order valence-electron chi connectivity index (χ3n) is 3.82. The van der Waals surface area contributed by atoms with Gasteiger partial charge in [-0.1, -0.05) is 19.8 Å². The van der Waals surface area contributed by atoms with E-state index in [1.807, 2.05) is 0 Å². The molecule has 4 heteroatoms. The Labute approximate surface area is 103 Å². The highest BCUT2D eigenvalue weighted by atomic mass is 16.4. The second-order valence-electron chi connectivity index (χ2n) is 4.95. The van der Waals surface area contributed by atoms with Gasteiger partial charge in [0.1, 0.15) is 0 Å². The molecule has 98 valence electrons. The smallest absolute Gasteiger partial charge is 0.303 e. The third-order valence-corrected chi connectivity index (χ3v) is 3.82. The summed E-state index contributed by atoms with van der Waals surface area (Å²) in [6.45, 7) is 2.76. The Morgan fingerprint density at radius 1 is 1.24 bits per heavy atom. The Morgan fingerprint density at radius 2 is 1.94 bits per heavy atom. The first-order valence-electron chi connectivity index (χ1n) is 6.61. The van der Waals surface area contributed by atoms with Crippen LogP contribution in [0.4, 0.5) is 0 Å². The SMILES string of the molecule is CCC1(C(=O)NCCCCCC(=O)O)CCC1. The van der Waals surface area contributed by atoms with Gasteiger partial charge in [-0.25, -0.2) is 0 Å². The molecule has 17 heavy (non-hydrogen) atoms. The zero-order valence-corrected chi connectivity index (χ0v) is 10.6. The van der Waals surface area contributed by atoms with Gasteiger partial charge in [-0.05, 0) is 32.1 Å². The number of hydrogen-bond acceptors (Lipinski definition) is 2. The van der Waals surface area contributed by atoms with Gasteiger partial charge in [0.15, 0.2) is 0 Å². The third kappa shape index (κ3) is 4.02. The van der Waals surface area contributed by atoms with E-state index < -0.39 is 5.97 Å². The molecule has 0 spiro atoms. The lowest BCUT2D eigenvalue weighted by molar-refractivity contribution is -0.137. The molecule has 0 bridgehead atoms. The highest BCUT2D eigenvalue weighted by molar-refractivity contribution is 5.83.